The van der Waals surface area contributed by atoms with Gasteiger partial charge in [-0.1, -0.05) is 23.7 Å². The van der Waals surface area contributed by atoms with E-state index in [-0.39, 0.29) is 17.5 Å². The molecular formula is C25H26ClN3O2. The Labute approximate surface area is 187 Å². The number of rotatable bonds is 5. The number of carbonyl (C=O) groups is 1. The zero-order valence-electron chi connectivity index (χ0n) is 17.6. The van der Waals surface area contributed by atoms with E-state index in [1.54, 1.807) is 18.3 Å². The van der Waals surface area contributed by atoms with Gasteiger partial charge in [-0.3, -0.25) is 9.78 Å². The quantitative estimate of drug-likeness (QED) is 0.528. The van der Waals surface area contributed by atoms with Gasteiger partial charge in [-0.25, -0.2) is 0 Å². The fourth-order valence-corrected chi connectivity index (χ4v) is 4.50. The molecule has 1 aliphatic heterocycles. The predicted molar refractivity (Wildman–Crippen MR) is 125 cm³/mol. The second-order valence-electron chi connectivity index (χ2n) is 8.81. The molecule has 1 saturated heterocycles. The Morgan fingerprint density at radius 3 is 2.52 bits per heavy atom. The van der Waals surface area contributed by atoms with Crippen molar-refractivity contribution in [2.75, 3.05) is 25.5 Å². The molecule has 6 heteroatoms. The van der Waals surface area contributed by atoms with Crippen molar-refractivity contribution < 1.29 is 9.90 Å². The Kier molecular flexibility index (Phi) is 5.32. The van der Waals surface area contributed by atoms with Gasteiger partial charge >= 0.3 is 0 Å². The van der Waals surface area contributed by atoms with Crippen molar-refractivity contribution in [3.05, 3.63) is 53.2 Å². The van der Waals surface area contributed by atoms with Gasteiger partial charge in [0.25, 0.3) is 0 Å². The Bertz CT molecular complexity index is 1150. The molecule has 0 spiro atoms. The number of benzene rings is 2. The van der Waals surface area contributed by atoms with Crippen LogP contribution in [0.3, 0.4) is 0 Å². The molecule has 1 aromatic heterocycles. The number of aromatic nitrogens is 1. The van der Waals surface area contributed by atoms with Crippen LogP contribution in [0.5, 0.6) is 5.75 Å². The first-order valence-corrected chi connectivity index (χ1v) is 11.3. The van der Waals surface area contributed by atoms with Gasteiger partial charge in [-0.2, -0.15) is 0 Å². The van der Waals surface area contributed by atoms with Crippen LogP contribution in [0.1, 0.15) is 36.0 Å². The van der Waals surface area contributed by atoms with E-state index in [0.717, 1.165) is 66.5 Å². The van der Waals surface area contributed by atoms with Crippen LogP contribution >= 0.6 is 11.6 Å². The number of piperidine rings is 1. The molecule has 31 heavy (non-hydrogen) atoms. The van der Waals surface area contributed by atoms with Crippen LogP contribution in [0, 0.1) is 5.92 Å². The van der Waals surface area contributed by atoms with Gasteiger partial charge in [0.15, 0.2) is 5.78 Å². The Hall–Kier alpha value is -2.63. The van der Waals surface area contributed by atoms with E-state index in [1.165, 1.54) is 0 Å². The third-order valence-electron chi connectivity index (χ3n) is 6.43. The van der Waals surface area contributed by atoms with Crippen LogP contribution < -0.4 is 5.32 Å². The predicted octanol–water partition coefficient (Wildman–Crippen LogP) is 5.36. The zero-order chi connectivity index (χ0) is 21.5. The summed E-state index contributed by atoms with van der Waals surface area (Å²) in [5.41, 5.74) is 4.35. The number of hydrogen-bond acceptors (Lipinski definition) is 5. The average molecular weight is 436 g/mol. The normalized spacial score (nSPS) is 17.7. The third kappa shape index (κ3) is 4.12. The molecule has 5 nitrogen and oxygen atoms in total. The summed E-state index contributed by atoms with van der Waals surface area (Å²) in [6, 6.07) is 11.6. The van der Waals surface area contributed by atoms with Gasteiger partial charge in [-0.15, -0.1) is 0 Å². The molecular weight excluding hydrogens is 410 g/mol. The summed E-state index contributed by atoms with van der Waals surface area (Å²) in [5.74, 6) is 0.397. The van der Waals surface area contributed by atoms with E-state index in [2.05, 4.69) is 28.3 Å². The van der Waals surface area contributed by atoms with Crippen LogP contribution in [0.25, 0.3) is 22.0 Å². The maximum absolute atomic E-state index is 13.1. The van der Waals surface area contributed by atoms with Crippen LogP contribution in [0.2, 0.25) is 5.02 Å². The van der Waals surface area contributed by atoms with Crippen molar-refractivity contribution in [1.82, 2.24) is 9.88 Å². The molecule has 5 rings (SSSR count). The highest BCUT2D eigenvalue weighted by atomic mass is 35.5. The van der Waals surface area contributed by atoms with Gasteiger partial charge in [0, 0.05) is 23.5 Å². The fourth-order valence-electron chi connectivity index (χ4n) is 4.32. The Morgan fingerprint density at radius 1 is 1.10 bits per heavy atom. The number of anilines is 1. The van der Waals surface area contributed by atoms with Crippen LogP contribution in [-0.4, -0.2) is 47.0 Å². The van der Waals surface area contributed by atoms with Gasteiger partial charge in [-0.05, 0) is 81.2 Å². The molecule has 1 saturated carbocycles. The van der Waals surface area contributed by atoms with Gasteiger partial charge in [0.05, 0.1) is 21.8 Å². The average Bonchev–Trinajstić information content (AvgIpc) is 3.62. The highest BCUT2D eigenvalue weighted by Gasteiger charge is 2.33. The number of carbonyl (C=O) groups excluding carboxylic acids is 1. The number of phenolic OH excluding ortho intramolecular Hbond substituents is 1. The zero-order valence-corrected chi connectivity index (χ0v) is 18.3. The molecule has 0 amide bonds. The summed E-state index contributed by atoms with van der Waals surface area (Å²) in [6.07, 6.45) is 5.78. The standard InChI is InChI=1S/C25H26ClN3O2/c1-29-10-8-18(9-11-29)28-24-19-12-16(17-5-7-23(30)21(26)13-17)4-6-22(19)27-14-20(24)25(31)15-2-3-15/h4-7,12-15,18,30H,2-3,8-11H2,1H3,(H,27,28). The van der Waals surface area contributed by atoms with Crippen molar-refractivity contribution in [2.45, 2.75) is 31.7 Å². The summed E-state index contributed by atoms with van der Waals surface area (Å²) in [6.45, 7) is 2.09. The number of pyridine rings is 1. The first kappa shape index (κ1) is 20.3. The molecule has 3 aromatic rings. The number of hydrogen-bond donors (Lipinski definition) is 2. The van der Waals surface area contributed by atoms with E-state index in [9.17, 15) is 9.90 Å². The Morgan fingerprint density at radius 2 is 1.81 bits per heavy atom. The lowest BCUT2D eigenvalue weighted by molar-refractivity contribution is 0.0968. The highest BCUT2D eigenvalue weighted by molar-refractivity contribution is 6.32. The number of likely N-dealkylation sites (tertiary alicyclic amines) is 1. The largest absolute Gasteiger partial charge is 0.506 e. The van der Waals surface area contributed by atoms with E-state index >= 15 is 0 Å². The number of phenols is 1. The number of fused-ring (bicyclic) bond motifs is 1. The summed E-state index contributed by atoms with van der Waals surface area (Å²) < 4.78 is 0. The number of halogens is 1. The van der Waals surface area contributed by atoms with Crippen molar-refractivity contribution in [1.29, 1.82) is 0 Å². The fraction of sp³-hybridized carbons (Fsp3) is 0.360. The van der Waals surface area contributed by atoms with Crippen LogP contribution in [-0.2, 0) is 0 Å². The van der Waals surface area contributed by atoms with E-state index in [4.69, 9.17) is 11.6 Å². The number of nitrogens with zero attached hydrogens (tertiary/aromatic N) is 2. The molecule has 2 fully saturated rings. The highest BCUT2D eigenvalue weighted by Crippen LogP contribution is 2.38. The molecule has 2 N–H and O–H groups in total. The maximum atomic E-state index is 13.1. The first-order chi connectivity index (χ1) is 15.0. The lowest BCUT2D eigenvalue weighted by atomic mass is 9.97. The second-order valence-corrected chi connectivity index (χ2v) is 9.21. The third-order valence-corrected chi connectivity index (χ3v) is 6.73. The number of aromatic hydroxyl groups is 1. The van der Waals surface area contributed by atoms with Crippen LogP contribution in [0.15, 0.2) is 42.6 Å². The SMILES string of the molecule is CN1CCC(Nc2c(C(=O)C3CC3)cnc3ccc(-c4ccc(O)c(Cl)c4)cc23)CC1. The molecule has 0 radical (unpaired) electrons. The topological polar surface area (TPSA) is 65.5 Å². The van der Waals surface area contributed by atoms with E-state index in [0.29, 0.717) is 16.6 Å². The van der Waals surface area contributed by atoms with Crippen LogP contribution in [0.4, 0.5) is 5.69 Å². The minimum Gasteiger partial charge on any atom is -0.506 e. The van der Waals surface area contributed by atoms with E-state index in [1.807, 2.05) is 18.2 Å². The molecule has 2 aliphatic rings. The number of ketones is 1. The molecule has 0 atom stereocenters. The first-order valence-electron chi connectivity index (χ1n) is 10.9. The number of Topliss-reactive ketones (excluding diaryl/α,β-unsaturated/α-hetero) is 1. The molecule has 2 heterocycles. The summed E-state index contributed by atoms with van der Waals surface area (Å²) in [7, 11) is 2.15. The maximum Gasteiger partial charge on any atom is 0.169 e. The number of nitrogens with one attached hydrogen (secondary N) is 1. The summed E-state index contributed by atoms with van der Waals surface area (Å²) in [5, 5.41) is 14.8. The summed E-state index contributed by atoms with van der Waals surface area (Å²) in [4.78, 5) is 20.0. The molecule has 0 bridgehead atoms. The van der Waals surface area contributed by atoms with Crippen molar-refractivity contribution in [3.63, 3.8) is 0 Å². The van der Waals surface area contributed by atoms with E-state index < -0.39 is 0 Å². The molecule has 1 aliphatic carbocycles. The van der Waals surface area contributed by atoms with Gasteiger partial charge in [0.2, 0.25) is 0 Å². The minimum atomic E-state index is 0.0646. The van der Waals surface area contributed by atoms with Gasteiger partial charge in [0.1, 0.15) is 5.75 Å². The second kappa shape index (κ2) is 8.13. The van der Waals surface area contributed by atoms with Crippen molar-refractivity contribution in [3.8, 4) is 16.9 Å². The smallest absolute Gasteiger partial charge is 0.169 e. The van der Waals surface area contributed by atoms with Crippen molar-refractivity contribution >= 4 is 34.0 Å². The summed E-state index contributed by atoms with van der Waals surface area (Å²) >= 11 is 6.14. The molecule has 2 aromatic carbocycles. The lowest BCUT2D eigenvalue weighted by Gasteiger charge is -2.31. The molecule has 160 valence electrons. The van der Waals surface area contributed by atoms with Gasteiger partial charge < -0.3 is 15.3 Å². The lowest BCUT2D eigenvalue weighted by Crippen LogP contribution is -2.37. The monoisotopic (exact) mass is 435 g/mol. The molecule has 0 unspecified atom stereocenters. The van der Waals surface area contributed by atoms with Crippen molar-refractivity contribution in [2.24, 2.45) is 5.92 Å². The minimum absolute atomic E-state index is 0.0646. The Balaban J connectivity index is 1.60.